The van der Waals surface area contributed by atoms with Gasteiger partial charge in [-0.1, -0.05) is 18.2 Å². The molecular formula is C22H20N4O6. The lowest BCUT2D eigenvalue weighted by Crippen LogP contribution is -2.11. The molecule has 4 aromatic rings. The molecule has 0 aliphatic carbocycles. The highest BCUT2D eigenvalue weighted by Crippen LogP contribution is 2.29. The number of aryl methyl sites for hydroxylation is 2. The van der Waals surface area contributed by atoms with Gasteiger partial charge in [0, 0.05) is 5.56 Å². The zero-order valence-electron chi connectivity index (χ0n) is 17.7. The third-order valence-electron chi connectivity index (χ3n) is 4.62. The van der Waals surface area contributed by atoms with Gasteiger partial charge in [0.15, 0.2) is 18.1 Å². The average molecular weight is 436 g/mol. The zero-order valence-corrected chi connectivity index (χ0v) is 17.7. The zero-order chi connectivity index (χ0) is 22.8. The second kappa shape index (κ2) is 8.50. The molecule has 32 heavy (non-hydrogen) atoms. The van der Waals surface area contributed by atoms with Crippen molar-refractivity contribution in [3.63, 3.8) is 0 Å². The van der Waals surface area contributed by atoms with Crippen molar-refractivity contribution in [3.05, 3.63) is 58.9 Å². The van der Waals surface area contributed by atoms with Gasteiger partial charge in [0.25, 0.3) is 0 Å². The molecule has 10 nitrogen and oxygen atoms in total. The van der Waals surface area contributed by atoms with Gasteiger partial charge in [-0.3, -0.25) is 0 Å². The molecule has 0 unspecified atom stereocenters. The fourth-order valence-corrected chi connectivity index (χ4v) is 3.19. The van der Waals surface area contributed by atoms with E-state index in [1.807, 2.05) is 30.3 Å². The number of anilines is 1. The molecule has 3 heterocycles. The van der Waals surface area contributed by atoms with Crippen molar-refractivity contribution in [2.24, 2.45) is 0 Å². The number of carbonyl (C=O) groups is 2. The molecule has 3 aromatic heterocycles. The summed E-state index contributed by atoms with van der Waals surface area (Å²) in [5.74, 6) is -0.199. The SMILES string of the molecule is CCOC(=O)c1c(C)oc2nc(COC(=O)c3nc(-c4ccccc4)oc3C)nc(N)c12. The van der Waals surface area contributed by atoms with E-state index in [1.54, 1.807) is 20.8 Å². The molecule has 10 heteroatoms. The van der Waals surface area contributed by atoms with Crippen LogP contribution in [0.15, 0.2) is 39.2 Å². The van der Waals surface area contributed by atoms with Gasteiger partial charge in [-0.15, -0.1) is 0 Å². The highest BCUT2D eigenvalue weighted by Gasteiger charge is 2.25. The van der Waals surface area contributed by atoms with E-state index in [1.165, 1.54) is 0 Å². The van der Waals surface area contributed by atoms with Crippen molar-refractivity contribution < 1.29 is 27.9 Å². The Bertz CT molecular complexity index is 1310. The van der Waals surface area contributed by atoms with E-state index in [9.17, 15) is 9.59 Å². The van der Waals surface area contributed by atoms with Gasteiger partial charge in [-0.05, 0) is 32.9 Å². The number of ether oxygens (including phenoxy) is 2. The van der Waals surface area contributed by atoms with Crippen LogP contribution in [0.4, 0.5) is 5.82 Å². The Morgan fingerprint density at radius 1 is 0.969 bits per heavy atom. The predicted octanol–water partition coefficient (Wildman–Crippen LogP) is 3.61. The van der Waals surface area contributed by atoms with Crippen LogP contribution in [0.3, 0.4) is 0 Å². The predicted molar refractivity (Wildman–Crippen MR) is 113 cm³/mol. The van der Waals surface area contributed by atoms with Crippen molar-refractivity contribution >= 4 is 28.9 Å². The molecule has 0 saturated carbocycles. The van der Waals surface area contributed by atoms with Crippen molar-refractivity contribution in [1.82, 2.24) is 15.0 Å². The van der Waals surface area contributed by atoms with Crippen LogP contribution >= 0.6 is 0 Å². The number of oxazole rings is 1. The van der Waals surface area contributed by atoms with E-state index < -0.39 is 11.9 Å². The monoisotopic (exact) mass is 436 g/mol. The van der Waals surface area contributed by atoms with Crippen molar-refractivity contribution in [2.45, 2.75) is 27.4 Å². The number of nitrogens with two attached hydrogens (primary N) is 1. The molecular weight excluding hydrogens is 416 g/mol. The first kappa shape index (κ1) is 21.0. The maximum atomic E-state index is 12.5. The standard InChI is InChI=1S/C22H20N4O6/c1-4-29-21(27)15-11(2)31-20-16(15)18(23)24-14(25-20)10-30-22(28)17-12(3)32-19(26-17)13-8-6-5-7-9-13/h5-9H,4,10H2,1-3H3,(H2,23,24,25). The summed E-state index contributed by atoms with van der Waals surface area (Å²) in [7, 11) is 0. The summed E-state index contributed by atoms with van der Waals surface area (Å²) in [5, 5.41) is 0.260. The van der Waals surface area contributed by atoms with E-state index >= 15 is 0 Å². The number of aromatic nitrogens is 3. The second-order valence-electron chi connectivity index (χ2n) is 6.82. The number of benzene rings is 1. The van der Waals surface area contributed by atoms with E-state index in [4.69, 9.17) is 24.0 Å². The molecule has 0 radical (unpaired) electrons. The average Bonchev–Trinajstić information content (AvgIpc) is 3.32. The smallest absolute Gasteiger partial charge is 0.361 e. The number of furan rings is 1. The van der Waals surface area contributed by atoms with Crippen molar-refractivity contribution in [2.75, 3.05) is 12.3 Å². The van der Waals surface area contributed by atoms with Gasteiger partial charge in [-0.25, -0.2) is 19.6 Å². The maximum absolute atomic E-state index is 12.5. The first-order valence-corrected chi connectivity index (χ1v) is 9.81. The third-order valence-corrected chi connectivity index (χ3v) is 4.62. The summed E-state index contributed by atoms with van der Waals surface area (Å²) in [6, 6.07) is 9.19. The molecule has 0 atom stereocenters. The molecule has 0 bridgehead atoms. The first-order chi connectivity index (χ1) is 15.4. The summed E-state index contributed by atoms with van der Waals surface area (Å²) < 4.78 is 21.5. The number of rotatable bonds is 6. The van der Waals surface area contributed by atoms with Gasteiger partial charge in [0.2, 0.25) is 11.6 Å². The first-order valence-electron chi connectivity index (χ1n) is 9.81. The Morgan fingerprint density at radius 2 is 1.72 bits per heavy atom. The quantitative estimate of drug-likeness (QED) is 0.445. The number of carbonyl (C=O) groups excluding carboxylic acids is 2. The van der Waals surface area contributed by atoms with E-state index in [0.29, 0.717) is 17.4 Å². The fraction of sp³-hybridized carbons (Fsp3) is 0.227. The van der Waals surface area contributed by atoms with Crippen LogP contribution in [0.5, 0.6) is 0 Å². The lowest BCUT2D eigenvalue weighted by Gasteiger charge is -2.05. The molecule has 0 aliphatic rings. The van der Waals surface area contributed by atoms with Gasteiger partial charge < -0.3 is 24.0 Å². The van der Waals surface area contributed by atoms with Crippen LogP contribution in [0.25, 0.3) is 22.6 Å². The van der Waals surface area contributed by atoms with Crippen LogP contribution in [-0.4, -0.2) is 33.5 Å². The minimum atomic E-state index is -0.696. The third kappa shape index (κ3) is 3.89. The normalized spacial score (nSPS) is 11.0. The highest BCUT2D eigenvalue weighted by atomic mass is 16.5. The molecule has 0 saturated heterocycles. The Morgan fingerprint density at radius 3 is 2.44 bits per heavy atom. The summed E-state index contributed by atoms with van der Waals surface area (Å²) in [4.78, 5) is 37.3. The molecule has 1 aromatic carbocycles. The largest absolute Gasteiger partial charge is 0.462 e. The van der Waals surface area contributed by atoms with E-state index in [0.717, 1.165) is 5.56 Å². The Balaban J connectivity index is 1.54. The summed E-state index contributed by atoms with van der Waals surface area (Å²) in [6.45, 7) is 4.85. The number of esters is 2. The van der Waals surface area contributed by atoms with Gasteiger partial charge >= 0.3 is 11.9 Å². The van der Waals surface area contributed by atoms with Gasteiger partial charge in [0.1, 0.15) is 22.9 Å². The number of nitrogen functional groups attached to an aromatic ring is 1. The van der Waals surface area contributed by atoms with Crippen LogP contribution < -0.4 is 5.73 Å². The molecule has 0 aliphatic heterocycles. The Kier molecular flexibility index (Phi) is 5.59. The Hall–Kier alpha value is -4.21. The van der Waals surface area contributed by atoms with Crippen molar-refractivity contribution in [1.29, 1.82) is 0 Å². The summed E-state index contributed by atoms with van der Waals surface area (Å²) in [5.41, 5.74) is 7.10. The molecule has 0 spiro atoms. The number of hydrogen-bond donors (Lipinski definition) is 1. The lowest BCUT2D eigenvalue weighted by molar-refractivity contribution is 0.0453. The van der Waals surface area contributed by atoms with Crippen molar-refractivity contribution in [3.8, 4) is 11.5 Å². The van der Waals surface area contributed by atoms with Crippen LogP contribution in [0, 0.1) is 13.8 Å². The van der Waals surface area contributed by atoms with Crippen LogP contribution in [-0.2, 0) is 16.1 Å². The topological polar surface area (TPSA) is 144 Å². The lowest BCUT2D eigenvalue weighted by atomic mass is 10.2. The second-order valence-corrected chi connectivity index (χ2v) is 6.82. The summed E-state index contributed by atoms with van der Waals surface area (Å²) >= 11 is 0. The van der Waals surface area contributed by atoms with Gasteiger partial charge in [-0.2, -0.15) is 4.98 Å². The summed E-state index contributed by atoms with van der Waals surface area (Å²) in [6.07, 6.45) is 0. The van der Waals surface area contributed by atoms with E-state index in [2.05, 4.69) is 15.0 Å². The molecule has 0 amide bonds. The number of nitrogens with zero attached hydrogens (tertiary/aromatic N) is 3. The maximum Gasteiger partial charge on any atom is 0.361 e. The molecule has 0 fully saturated rings. The number of hydrogen-bond acceptors (Lipinski definition) is 10. The van der Waals surface area contributed by atoms with Gasteiger partial charge in [0.05, 0.1) is 12.0 Å². The minimum absolute atomic E-state index is 0.0185. The van der Waals surface area contributed by atoms with Crippen LogP contribution in [0.2, 0.25) is 0 Å². The molecule has 164 valence electrons. The highest BCUT2D eigenvalue weighted by molar-refractivity contribution is 6.07. The molecule has 2 N–H and O–H groups in total. The molecule has 4 rings (SSSR count). The Labute approximate surface area is 182 Å². The number of fused-ring (bicyclic) bond motifs is 1. The minimum Gasteiger partial charge on any atom is -0.462 e. The van der Waals surface area contributed by atoms with E-state index in [-0.39, 0.29) is 47.2 Å². The fourth-order valence-electron chi connectivity index (χ4n) is 3.19. The van der Waals surface area contributed by atoms with Crippen LogP contribution in [0.1, 0.15) is 45.1 Å².